The fraction of sp³-hybridized carbons (Fsp3) is 0.500. The quantitative estimate of drug-likeness (QED) is 0.0918. The van der Waals surface area contributed by atoms with Crippen molar-refractivity contribution in [2.45, 2.75) is 56.3 Å². The van der Waals surface area contributed by atoms with Crippen LogP contribution in [0.1, 0.15) is 31.2 Å². The number of carbonyl (C=O) groups excluding carboxylic acids is 4. The van der Waals surface area contributed by atoms with Gasteiger partial charge in [0.1, 0.15) is 18.1 Å². The van der Waals surface area contributed by atoms with E-state index in [-0.39, 0.29) is 12.2 Å². The lowest BCUT2D eigenvalue weighted by Gasteiger charge is -2.24. The Morgan fingerprint density at radius 3 is 2.00 bits per heavy atom. The zero-order valence-electron chi connectivity index (χ0n) is 19.3. The van der Waals surface area contributed by atoms with Crippen molar-refractivity contribution in [3.05, 3.63) is 35.9 Å². The van der Waals surface area contributed by atoms with E-state index in [1.54, 1.807) is 30.3 Å². The van der Waals surface area contributed by atoms with E-state index < -0.39 is 60.2 Å². The van der Waals surface area contributed by atoms with Crippen LogP contribution in [0.15, 0.2) is 30.3 Å². The van der Waals surface area contributed by atoms with Gasteiger partial charge in [-0.1, -0.05) is 36.8 Å². The monoisotopic (exact) mass is 510 g/mol. The van der Waals surface area contributed by atoms with E-state index in [1.165, 1.54) is 0 Å². The van der Waals surface area contributed by atoms with E-state index in [2.05, 4.69) is 28.6 Å². The van der Waals surface area contributed by atoms with Crippen molar-refractivity contribution in [1.29, 1.82) is 0 Å². The van der Waals surface area contributed by atoms with Crippen molar-refractivity contribution >= 4 is 42.2 Å². The van der Waals surface area contributed by atoms with Crippen LogP contribution >= 0.6 is 12.6 Å². The first-order valence-corrected chi connectivity index (χ1v) is 11.7. The topological polar surface area (TPSA) is 220 Å². The Morgan fingerprint density at radius 2 is 1.46 bits per heavy atom. The van der Waals surface area contributed by atoms with Gasteiger partial charge in [0.15, 0.2) is 0 Å². The predicted molar refractivity (Wildman–Crippen MR) is 132 cm³/mol. The molecule has 10 N–H and O–H groups in total. The summed E-state index contributed by atoms with van der Waals surface area (Å²) in [5.41, 5.74) is 17.2. The average molecular weight is 511 g/mol. The molecular formula is C22H34N6O6S. The molecule has 0 aliphatic rings. The number of carboxylic acid groups (broad SMARTS) is 1. The molecule has 194 valence electrons. The summed E-state index contributed by atoms with van der Waals surface area (Å²) in [6.07, 6.45) is 1.10. The minimum atomic E-state index is -1.38. The molecule has 4 unspecified atom stereocenters. The molecule has 0 aliphatic heterocycles. The largest absolute Gasteiger partial charge is 0.480 e. The summed E-state index contributed by atoms with van der Waals surface area (Å²) in [5.74, 6) is -4.59. The van der Waals surface area contributed by atoms with Crippen molar-refractivity contribution in [3.63, 3.8) is 0 Å². The molecule has 12 nitrogen and oxygen atoms in total. The highest BCUT2D eigenvalue weighted by Gasteiger charge is 2.31. The van der Waals surface area contributed by atoms with Crippen LogP contribution < -0.4 is 33.2 Å². The van der Waals surface area contributed by atoms with Crippen LogP contribution in [0.25, 0.3) is 0 Å². The lowest BCUT2D eigenvalue weighted by Crippen LogP contribution is -2.58. The number of carboxylic acids is 1. The van der Waals surface area contributed by atoms with Gasteiger partial charge < -0.3 is 38.3 Å². The van der Waals surface area contributed by atoms with Crippen LogP contribution in [0.4, 0.5) is 0 Å². The molecule has 1 aromatic rings. The highest BCUT2D eigenvalue weighted by Crippen LogP contribution is 2.06. The highest BCUT2D eigenvalue weighted by atomic mass is 32.1. The van der Waals surface area contributed by atoms with Gasteiger partial charge in [0, 0.05) is 12.2 Å². The van der Waals surface area contributed by atoms with Gasteiger partial charge in [0.2, 0.25) is 23.6 Å². The molecule has 0 bridgehead atoms. The molecule has 0 aromatic heterocycles. The predicted octanol–water partition coefficient (Wildman–Crippen LogP) is -1.97. The third-order valence-corrected chi connectivity index (χ3v) is 5.42. The minimum absolute atomic E-state index is 0.0210. The molecule has 0 fully saturated rings. The molecule has 4 atom stereocenters. The Morgan fingerprint density at radius 1 is 0.886 bits per heavy atom. The third-order valence-electron chi connectivity index (χ3n) is 5.06. The first kappa shape index (κ1) is 29.9. The minimum Gasteiger partial charge on any atom is -0.480 e. The number of nitrogens with two attached hydrogens (primary N) is 3. The molecule has 1 aromatic carbocycles. The van der Waals surface area contributed by atoms with E-state index in [4.69, 9.17) is 17.2 Å². The number of hydrogen-bond donors (Lipinski definition) is 8. The molecule has 0 spiro atoms. The Hall–Kier alpha value is -3.16. The second-order valence-corrected chi connectivity index (χ2v) is 8.32. The van der Waals surface area contributed by atoms with Gasteiger partial charge in [-0.2, -0.15) is 12.6 Å². The molecule has 0 saturated carbocycles. The van der Waals surface area contributed by atoms with Gasteiger partial charge in [0.05, 0.1) is 12.5 Å². The molecule has 4 amide bonds. The molecule has 13 heteroatoms. The van der Waals surface area contributed by atoms with Crippen molar-refractivity contribution in [1.82, 2.24) is 16.0 Å². The van der Waals surface area contributed by atoms with E-state index in [9.17, 15) is 29.1 Å². The molecule has 0 heterocycles. The normalized spacial score (nSPS) is 14.1. The highest BCUT2D eigenvalue weighted by molar-refractivity contribution is 7.80. The number of rotatable bonds is 16. The fourth-order valence-corrected chi connectivity index (χ4v) is 3.37. The van der Waals surface area contributed by atoms with Crippen LogP contribution in [-0.4, -0.2) is 71.2 Å². The van der Waals surface area contributed by atoms with Gasteiger partial charge in [0.25, 0.3) is 0 Å². The van der Waals surface area contributed by atoms with E-state index in [1.807, 2.05) is 0 Å². The molecular weight excluding hydrogens is 476 g/mol. The maximum absolute atomic E-state index is 13.0. The maximum atomic E-state index is 13.0. The Labute approximate surface area is 209 Å². The van der Waals surface area contributed by atoms with E-state index in [0.717, 1.165) is 0 Å². The second-order valence-electron chi connectivity index (χ2n) is 7.96. The summed E-state index contributed by atoms with van der Waals surface area (Å²) in [4.78, 5) is 61.1. The SMILES string of the molecule is NCCCCC(N)C(=O)NC(CC(N)=O)C(=O)NC(Cc1ccccc1)C(=O)NC(CS)C(=O)O. The van der Waals surface area contributed by atoms with Crippen molar-refractivity contribution in [3.8, 4) is 0 Å². The molecule has 0 radical (unpaired) electrons. The van der Waals surface area contributed by atoms with Crippen LogP contribution in [0.2, 0.25) is 0 Å². The molecule has 0 saturated heterocycles. The standard InChI is InChI=1S/C22H34N6O6S/c23-9-5-4-8-14(24)19(30)26-16(11-18(25)29)21(32)27-15(10-13-6-2-1-3-7-13)20(31)28-17(12-35)22(33)34/h1-3,6-7,14-17,35H,4-5,8-12,23-24H2,(H2,25,29)(H,26,30)(H,27,32)(H,28,31)(H,33,34). The van der Waals surface area contributed by atoms with Gasteiger partial charge in [-0.3, -0.25) is 19.2 Å². The third kappa shape index (κ3) is 11.2. The maximum Gasteiger partial charge on any atom is 0.327 e. The van der Waals surface area contributed by atoms with Crippen LogP contribution in [0.3, 0.4) is 0 Å². The summed E-state index contributed by atoms with van der Waals surface area (Å²) in [5, 5.41) is 16.4. The van der Waals surface area contributed by atoms with E-state index in [0.29, 0.717) is 31.4 Å². The number of carbonyl (C=O) groups is 5. The van der Waals surface area contributed by atoms with Gasteiger partial charge in [-0.25, -0.2) is 4.79 Å². The smallest absolute Gasteiger partial charge is 0.327 e. The lowest BCUT2D eigenvalue weighted by atomic mass is 10.0. The number of benzene rings is 1. The number of unbranched alkanes of at least 4 members (excludes halogenated alkanes) is 1. The summed E-state index contributed by atoms with van der Waals surface area (Å²) in [6.45, 7) is 0.446. The second kappa shape index (κ2) is 15.7. The molecule has 1 rings (SSSR count). The van der Waals surface area contributed by atoms with Crippen LogP contribution in [-0.2, 0) is 30.4 Å². The first-order chi connectivity index (χ1) is 16.6. The summed E-state index contributed by atoms with van der Waals surface area (Å²) >= 11 is 3.92. The fourth-order valence-electron chi connectivity index (χ4n) is 3.12. The van der Waals surface area contributed by atoms with Crippen LogP contribution in [0, 0.1) is 0 Å². The number of thiol groups is 1. The van der Waals surface area contributed by atoms with Crippen molar-refractivity contribution < 1.29 is 29.1 Å². The van der Waals surface area contributed by atoms with E-state index >= 15 is 0 Å². The average Bonchev–Trinajstić information content (AvgIpc) is 2.81. The molecule has 35 heavy (non-hydrogen) atoms. The summed E-state index contributed by atoms with van der Waals surface area (Å²) in [7, 11) is 0. The van der Waals surface area contributed by atoms with Gasteiger partial charge in [-0.15, -0.1) is 0 Å². The lowest BCUT2D eigenvalue weighted by molar-refractivity contribution is -0.141. The Bertz CT molecular complexity index is 871. The number of aliphatic carboxylic acids is 1. The summed E-state index contributed by atoms with van der Waals surface area (Å²) in [6, 6.07) is 3.89. The van der Waals surface area contributed by atoms with Gasteiger partial charge in [-0.05, 0) is 24.9 Å². The number of hydrogen-bond acceptors (Lipinski definition) is 8. The number of primary amides is 1. The zero-order valence-corrected chi connectivity index (χ0v) is 20.2. The first-order valence-electron chi connectivity index (χ1n) is 11.1. The van der Waals surface area contributed by atoms with Gasteiger partial charge >= 0.3 is 5.97 Å². The number of nitrogens with one attached hydrogen (secondary N) is 3. The van der Waals surface area contributed by atoms with Crippen LogP contribution in [0.5, 0.6) is 0 Å². The number of amides is 4. The van der Waals surface area contributed by atoms with Crippen molar-refractivity contribution in [2.24, 2.45) is 17.2 Å². The molecule has 0 aliphatic carbocycles. The summed E-state index contributed by atoms with van der Waals surface area (Å²) < 4.78 is 0. The Kier molecular flexibility index (Phi) is 13.4. The Balaban J connectivity index is 3.03. The zero-order chi connectivity index (χ0) is 26.4. The van der Waals surface area contributed by atoms with Crippen molar-refractivity contribution in [2.75, 3.05) is 12.3 Å².